The lowest BCUT2D eigenvalue weighted by Crippen LogP contribution is -2.44. The first-order valence-electron chi connectivity index (χ1n) is 5.46. The first-order valence-corrected chi connectivity index (χ1v) is 6.54. The summed E-state index contributed by atoms with van der Waals surface area (Å²) in [6, 6.07) is 5.49. The fourth-order valence-corrected chi connectivity index (χ4v) is 2.67. The van der Waals surface area contributed by atoms with E-state index >= 15 is 0 Å². The van der Waals surface area contributed by atoms with Crippen molar-refractivity contribution in [2.24, 2.45) is 0 Å². The molecule has 0 unspecified atom stereocenters. The molecule has 0 aliphatic carbocycles. The van der Waals surface area contributed by atoms with Gasteiger partial charge in [0.2, 0.25) is 0 Å². The molecule has 6 heteroatoms. The van der Waals surface area contributed by atoms with Gasteiger partial charge in [0.15, 0.2) is 0 Å². The van der Waals surface area contributed by atoms with Crippen LogP contribution in [0.1, 0.15) is 0 Å². The molecule has 1 fully saturated rings. The zero-order chi connectivity index (χ0) is 12.4. The van der Waals surface area contributed by atoms with Crippen molar-refractivity contribution in [3.63, 3.8) is 0 Å². The van der Waals surface area contributed by atoms with Gasteiger partial charge in [-0.15, -0.1) is 0 Å². The predicted molar refractivity (Wildman–Crippen MR) is 75.5 cm³/mol. The van der Waals surface area contributed by atoms with Crippen LogP contribution >= 0.6 is 22.6 Å². The molecule has 0 spiro atoms. The summed E-state index contributed by atoms with van der Waals surface area (Å²) in [4.78, 5) is 15.2. The van der Waals surface area contributed by atoms with Crippen LogP contribution in [0.3, 0.4) is 0 Å². The van der Waals surface area contributed by atoms with E-state index in [0.717, 1.165) is 31.9 Å². The summed E-state index contributed by atoms with van der Waals surface area (Å²) >= 11 is 2.02. The van der Waals surface area contributed by atoms with Gasteiger partial charge in [0.25, 0.3) is 0 Å². The number of nitrogens with zero attached hydrogens (tertiary/aromatic N) is 3. The molecule has 1 heterocycles. The van der Waals surface area contributed by atoms with E-state index in [9.17, 15) is 10.1 Å². The first kappa shape index (κ1) is 12.6. The molecule has 0 N–H and O–H groups in total. The number of likely N-dealkylation sites (N-methyl/N-ethyl adjacent to an activating group) is 1. The minimum Gasteiger partial charge on any atom is -0.363 e. The second-order valence-corrected chi connectivity index (χ2v) is 5.32. The van der Waals surface area contributed by atoms with Crippen molar-refractivity contribution in [2.45, 2.75) is 0 Å². The highest BCUT2D eigenvalue weighted by Crippen LogP contribution is 2.33. The number of halogens is 1. The number of hydrogen-bond acceptors (Lipinski definition) is 4. The first-order chi connectivity index (χ1) is 8.09. The lowest BCUT2D eigenvalue weighted by molar-refractivity contribution is -0.385. The fourth-order valence-electron chi connectivity index (χ4n) is 1.99. The summed E-state index contributed by atoms with van der Waals surface area (Å²) in [6.07, 6.45) is 0. The van der Waals surface area contributed by atoms with Crippen LogP contribution in [0.15, 0.2) is 18.2 Å². The van der Waals surface area contributed by atoms with Crippen LogP contribution in [-0.4, -0.2) is 43.0 Å². The number of hydrogen-bond donors (Lipinski definition) is 0. The highest BCUT2D eigenvalue weighted by molar-refractivity contribution is 14.1. The summed E-state index contributed by atoms with van der Waals surface area (Å²) in [5.74, 6) is 0. The van der Waals surface area contributed by atoms with Crippen LogP contribution in [0.25, 0.3) is 0 Å². The van der Waals surface area contributed by atoms with Crippen molar-refractivity contribution in [2.75, 3.05) is 38.1 Å². The van der Waals surface area contributed by atoms with E-state index in [4.69, 9.17) is 0 Å². The molecule has 1 aromatic carbocycles. The van der Waals surface area contributed by atoms with Gasteiger partial charge in [-0.1, -0.05) is 6.07 Å². The summed E-state index contributed by atoms with van der Waals surface area (Å²) in [7, 11) is 2.07. The van der Waals surface area contributed by atoms with E-state index in [-0.39, 0.29) is 10.6 Å². The molecule has 1 aliphatic rings. The third kappa shape index (κ3) is 2.68. The van der Waals surface area contributed by atoms with Crippen molar-refractivity contribution in [1.29, 1.82) is 0 Å². The van der Waals surface area contributed by atoms with E-state index in [2.05, 4.69) is 16.8 Å². The number of anilines is 1. The van der Waals surface area contributed by atoms with Crippen molar-refractivity contribution >= 4 is 34.0 Å². The Morgan fingerprint density at radius 1 is 1.29 bits per heavy atom. The molecule has 0 atom stereocenters. The Morgan fingerprint density at radius 2 is 1.94 bits per heavy atom. The molecule has 0 bridgehead atoms. The smallest absolute Gasteiger partial charge is 0.305 e. The molecule has 1 aromatic rings. The van der Waals surface area contributed by atoms with Gasteiger partial charge in [-0.2, -0.15) is 0 Å². The van der Waals surface area contributed by atoms with Gasteiger partial charge in [0.05, 0.1) is 8.49 Å². The van der Waals surface area contributed by atoms with Crippen LogP contribution < -0.4 is 4.90 Å². The van der Waals surface area contributed by atoms with E-state index in [1.807, 2.05) is 34.7 Å². The topological polar surface area (TPSA) is 49.6 Å². The van der Waals surface area contributed by atoms with Gasteiger partial charge in [-0.25, -0.2) is 0 Å². The number of rotatable bonds is 2. The Morgan fingerprint density at radius 3 is 2.53 bits per heavy atom. The van der Waals surface area contributed by atoms with Gasteiger partial charge in [-0.3, -0.25) is 10.1 Å². The molecule has 1 aliphatic heterocycles. The fraction of sp³-hybridized carbons (Fsp3) is 0.455. The third-order valence-electron chi connectivity index (χ3n) is 2.99. The van der Waals surface area contributed by atoms with Crippen molar-refractivity contribution in [1.82, 2.24) is 4.90 Å². The maximum Gasteiger partial charge on any atom is 0.305 e. The Bertz CT molecular complexity index is 431. The molecule has 0 saturated carbocycles. The summed E-state index contributed by atoms with van der Waals surface area (Å²) in [6.45, 7) is 3.58. The molecule has 17 heavy (non-hydrogen) atoms. The van der Waals surface area contributed by atoms with E-state index in [1.54, 1.807) is 6.07 Å². The Labute approximate surface area is 114 Å². The quantitative estimate of drug-likeness (QED) is 0.466. The maximum atomic E-state index is 11.1. The third-order valence-corrected chi connectivity index (χ3v) is 3.86. The van der Waals surface area contributed by atoms with Crippen LogP contribution in [0.5, 0.6) is 0 Å². The molecule has 92 valence electrons. The molecule has 0 amide bonds. The summed E-state index contributed by atoms with van der Waals surface area (Å²) in [5, 5.41) is 11.1. The SMILES string of the molecule is CN1CCN(c2cccc(I)c2[N+](=O)[O-])CC1. The van der Waals surface area contributed by atoms with E-state index < -0.39 is 0 Å². The number of nitro groups is 1. The number of piperazine rings is 1. The van der Waals surface area contributed by atoms with Crippen molar-refractivity contribution in [3.05, 3.63) is 31.9 Å². The number of para-hydroxylation sites is 1. The van der Waals surface area contributed by atoms with Gasteiger partial charge >= 0.3 is 5.69 Å². The average Bonchev–Trinajstić information content (AvgIpc) is 2.29. The second-order valence-electron chi connectivity index (χ2n) is 4.16. The standard InChI is InChI=1S/C11H14IN3O2/c1-13-5-7-14(8-6-13)10-4-2-3-9(12)11(10)15(16)17/h2-4H,5-8H2,1H3. The second kappa shape index (κ2) is 5.18. The van der Waals surface area contributed by atoms with Crippen LogP contribution in [0.2, 0.25) is 0 Å². The molecule has 0 aromatic heterocycles. The highest BCUT2D eigenvalue weighted by Gasteiger charge is 2.24. The Kier molecular flexibility index (Phi) is 3.82. The number of benzene rings is 1. The lowest BCUT2D eigenvalue weighted by atomic mass is 10.2. The lowest BCUT2D eigenvalue weighted by Gasteiger charge is -2.33. The minimum absolute atomic E-state index is 0.234. The zero-order valence-corrected chi connectivity index (χ0v) is 11.8. The normalized spacial score (nSPS) is 17.2. The maximum absolute atomic E-state index is 11.1. The van der Waals surface area contributed by atoms with Gasteiger partial charge in [0.1, 0.15) is 5.69 Å². The van der Waals surface area contributed by atoms with E-state index in [0.29, 0.717) is 3.57 Å². The molecular weight excluding hydrogens is 333 g/mol. The Balaban J connectivity index is 2.32. The zero-order valence-electron chi connectivity index (χ0n) is 9.60. The van der Waals surface area contributed by atoms with Crippen molar-refractivity contribution in [3.8, 4) is 0 Å². The van der Waals surface area contributed by atoms with Gasteiger partial charge < -0.3 is 9.80 Å². The van der Waals surface area contributed by atoms with E-state index in [1.165, 1.54) is 0 Å². The summed E-state index contributed by atoms with van der Waals surface area (Å²) in [5.41, 5.74) is 0.979. The largest absolute Gasteiger partial charge is 0.363 e. The minimum atomic E-state index is -0.282. The highest BCUT2D eigenvalue weighted by atomic mass is 127. The van der Waals surface area contributed by atoms with Crippen LogP contribution in [-0.2, 0) is 0 Å². The summed E-state index contributed by atoms with van der Waals surface area (Å²) < 4.78 is 0.698. The average molecular weight is 347 g/mol. The van der Waals surface area contributed by atoms with Gasteiger partial charge in [0, 0.05) is 26.2 Å². The monoisotopic (exact) mass is 347 g/mol. The van der Waals surface area contributed by atoms with Gasteiger partial charge in [-0.05, 0) is 41.8 Å². The molecular formula is C11H14IN3O2. The molecule has 1 saturated heterocycles. The molecule has 0 radical (unpaired) electrons. The van der Waals surface area contributed by atoms with Crippen molar-refractivity contribution < 1.29 is 4.92 Å². The molecule has 5 nitrogen and oxygen atoms in total. The molecule has 2 rings (SSSR count). The predicted octanol–water partition coefficient (Wildman–Crippen LogP) is 1.95. The van der Waals surface area contributed by atoms with Crippen LogP contribution in [0.4, 0.5) is 11.4 Å². The van der Waals surface area contributed by atoms with Crippen LogP contribution in [0, 0.1) is 13.7 Å². The Hall–Kier alpha value is -0.890. The number of nitro benzene ring substituents is 1.